The van der Waals surface area contributed by atoms with Crippen LogP contribution in [0.2, 0.25) is 5.02 Å². The van der Waals surface area contributed by atoms with E-state index in [0.29, 0.717) is 22.1 Å². The Morgan fingerprint density at radius 2 is 2.29 bits per heavy atom. The average Bonchev–Trinajstić information content (AvgIpc) is 2.62. The zero-order valence-electron chi connectivity index (χ0n) is 9.77. The first-order chi connectivity index (χ1) is 8.04. The summed E-state index contributed by atoms with van der Waals surface area (Å²) in [5.41, 5.74) is 1.75. The summed E-state index contributed by atoms with van der Waals surface area (Å²) in [5.74, 6) is -0.250. The first-order valence-corrected chi connectivity index (χ1v) is 5.38. The molecule has 0 fully saturated rings. The second-order valence-electron chi connectivity index (χ2n) is 3.60. The lowest BCUT2D eigenvalue weighted by atomic mass is 10.3. The molecule has 5 nitrogen and oxygen atoms in total. The normalized spacial score (nSPS) is 10.8. The highest BCUT2D eigenvalue weighted by Crippen LogP contribution is 2.17. The molecule has 2 heterocycles. The van der Waals surface area contributed by atoms with Gasteiger partial charge in [0.25, 0.3) is 5.91 Å². The minimum absolute atomic E-state index is 0.250. The predicted octanol–water partition coefficient (Wildman–Crippen LogP) is 1.93. The summed E-state index contributed by atoms with van der Waals surface area (Å²) in [6.07, 6.45) is 1.72. The second kappa shape index (κ2) is 4.35. The molecule has 0 N–H and O–H groups in total. The number of hydrogen-bond acceptors (Lipinski definition) is 3. The number of aromatic nitrogens is 2. The Morgan fingerprint density at radius 3 is 2.94 bits per heavy atom. The zero-order valence-corrected chi connectivity index (χ0v) is 10.5. The first-order valence-electron chi connectivity index (χ1n) is 5.01. The van der Waals surface area contributed by atoms with E-state index in [9.17, 15) is 4.79 Å². The SMILES string of the molecule is CON(C)C(=O)c1c(C)nc2cc(Cl)ccn12. The Hall–Kier alpha value is -1.59. The fraction of sp³-hybridized carbons (Fsp3) is 0.273. The molecule has 0 aliphatic carbocycles. The standard InChI is InChI=1S/C11H12ClN3O2/c1-7-10(11(16)14(2)17-3)15-5-4-8(12)6-9(15)13-7/h4-6H,1-3H3. The lowest BCUT2D eigenvalue weighted by Crippen LogP contribution is -2.27. The van der Waals surface area contributed by atoms with Crippen molar-refractivity contribution in [1.82, 2.24) is 14.4 Å². The van der Waals surface area contributed by atoms with E-state index >= 15 is 0 Å². The van der Waals surface area contributed by atoms with Crippen LogP contribution in [0.1, 0.15) is 16.2 Å². The Bertz CT molecular complexity index is 579. The van der Waals surface area contributed by atoms with Crippen LogP contribution in [0.4, 0.5) is 0 Å². The second-order valence-corrected chi connectivity index (χ2v) is 4.04. The van der Waals surface area contributed by atoms with Crippen LogP contribution in [-0.4, -0.2) is 34.5 Å². The van der Waals surface area contributed by atoms with Gasteiger partial charge in [-0.3, -0.25) is 14.0 Å². The lowest BCUT2D eigenvalue weighted by molar-refractivity contribution is -0.0761. The molecule has 2 aromatic rings. The molecule has 1 amide bonds. The molecule has 2 rings (SSSR count). The van der Waals surface area contributed by atoms with E-state index in [1.54, 1.807) is 36.7 Å². The minimum Gasteiger partial charge on any atom is -0.295 e. The molecule has 0 atom stereocenters. The molecule has 90 valence electrons. The van der Waals surface area contributed by atoms with Crippen molar-refractivity contribution >= 4 is 23.2 Å². The summed E-state index contributed by atoms with van der Waals surface area (Å²) >= 11 is 5.88. The highest BCUT2D eigenvalue weighted by Gasteiger charge is 2.20. The van der Waals surface area contributed by atoms with Crippen molar-refractivity contribution in [3.63, 3.8) is 0 Å². The van der Waals surface area contributed by atoms with Crippen LogP contribution in [0, 0.1) is 6.92 Å². The van der Waals surface area contributed by atoms with E-state index in [0.717, 1.165) is 5.06 Å². The number of amides is 1. The van der Waals surface area contributed by atoms with Crippen LogP contribution >= 0.6 is 11.6 Å². The number of hydrogen-bond donors (Lipinski definition) is 0. The van der Waals surface area contributed by atoms with Gasteiger partial charge in [-0.05, 0) is 13.0 Å². The monoisotopic (exact) mass is 253 g/mol. The van der Waals surface area contributed by atoms with E-state index in [1.165, 1.54) is 7.11 Å². The summed E-state index contributed by atoms with van der Waals surface area (Å²) in [6, 6.07) is 3.41. The van der Waals surface area contributed by atoms with Crippen molar-refractivity contribution in [3.8, 4) is 0 Å². The first kappa shape index (κ1) is 11.9. The van der Waals surface area contributed by atoms with Gasteiger partial charge >= 0.3 is 0 Å². The lowest BCUT2D eigenvalue weighted by Gasteiger charge is -2.13. The Kier molecular flexibility index (Phi) is 3.04. The molecule has 0 unspecified atom stereocenters. The molecule has 0 saturated heterocycles. The summed E-state index contributed by atoms with van der Waals surface area (Å²) in [4.78, 5) is 21.2. The van der Waals surface area contributed by atoms with Crippen molar-refractivity contribution in [2.45, 2.75) is 6.92 Å². The largest absolute Gasteiger partial charge is 0.296 e. The molecule has 0 radical (unpaired) electrons. The number of nitrogens with zero attached hydrogens (tertiary/aromatic N) is 3. The highest BCUT2D eigenvalue weighted by atomic mass is 35.5. The number of hydroxylamine groups is 2. The summed E-state index contributed by atoms with van der Waals surface area (Å²) < 4.78 is 1.69. The van der Waals surface area contributed by atoms with E-state index < -0.39 is 0 Å². The number of fused-ring (bicyclic) bond motifs is 1. The smallest absolute Gasteiger partial charge is 0.295 e. The van der Waals surface area contributed by atoms with Crippen LogP contribution < -0.4 is 0 Å². The molecule has 0 saturated carbocycles. The van der Waals surface area contributed by atoms with E-state index in [1.807, 2.05) is 0 Å². The average molecular weight is 254 g/mol. The van der Waals surface area contributed by atoms with Gasteiger partial charge in [0, 0.05) is 24.3 Å². The van der Waals surface area contributed by atoms with E-state index in [4.69, 9.17) is 16.4 Å². The third-order valence-electron chi connectivity index (χ3n) is 2.52. The van der Waals surface area contributed by atoms with Gasteiger partial charge in [0.05, 0.1) is 12.8 Å². The van der Waals surface area contributed by atoms with E-state index in [-0.39, 0.29) is 5.91 Å². The maximum Gasteiger partial charge on any atom is 0.296 e. The number of aryl methyl sites for hydroxylation is 1. The third-order valence-corrected chi connectivity index (χ3v) is 2.76. The van der Waals surface area contributed by atoms with Gasteiger partial charge in [0.15, 0.2) is 0 Å². The quantitative estimate of drug-likeness (QED) is 0.769. The topological polar surface area (TPSA) is 46.8 Å². The van der Waals surface area contributed by atoms with Crippen molar-refractivity contribution in [3.05, 3.63) is 34.7 Å². The molecule has 6 heteroatoms. The van der Waals surface area contributed by atoms with Gasteiger partial charge in [-0.25, -0.2) is 10.0 Å². The fourth-order valence-corrected chi connectivity index (χ4v) is 1.78. The molecule has 0 aliphatic heterocycles. The molecular weight excluding hydrogens is 242 g/mol. The minimum atomic E-state index is -0.250. The number of carbonyl (C=O) groups excluding carboxylic acids is 1. The maximum atomic E-state index is 12.1. The molecular formula is C11H12ClN3O2. The molecule has 17 heavy (non-hydrogen) atoms. The van der Waals surface area contributed by atoms with Crippen molar-refractivity contribution < 1.29 is 9.63 Å². The van der Waals surface area contributed by atoms with Crippen molar-refractivity contribution in [1.29, 1.82) is 0 Å². The highest BCUT2D eigenvalue weighted by molar-refractivity contribution is 6.30. The Labute approximate surface area is 104 Å². The molecule has 0 aliphatic rings. The number of pyridine rings is 1. The van der Waals surface area contributed by atoms with Gasteiger partial charge in [-0.1, -0.05) is 11.6 Å². The van der Waals surface area contributed by atoms with Gasteiger partial charge in [-0.2, -0.15) is 0 Å². The fourth-order valence-electron chi connectivity index (χ4n) is 1.63. The zero-order chi connectivity index (χ0) is 12.6. The Balaban J connectivity index is 2.61. The predicted molar refractivity (Wildman–Crippen MR) is 64.0 cm³/mol. The number of carbonyl (C=O) groups is 1. The Morgan fingerprint density at radius 1 is 1.59 bits per heavy atom. The number of imidazole rings is 1. The van der Waals surface area contributed by atoms with Gasteiger partial charge in [0.2, 0.25) is 0 Å². The number of halogens is 1. The maximum absolute atomic E-state index is 12.1. The molecule has 0 bridgehead atoms. The van der Waals surface area contributed by atoms with Crippen LogP contribution in [0.5, 0.6) is 0 Å². The van der Waals surface area contributed by atoms with Crippen LogP contribution in [-0.2, 0) is 4.84 Å². The summed E-state index contributed by atoms with van der Waals surface area (Å²) in [7, 11) is 2.99. The van der Waals surface area contributed by atoms with Gasteiger partial charge in [-0.15, -0.1) is 0 Å². The summed E-state index contributed by atoms with van der Waals surface area (Å²) in [5, 5.41) is 1.74. The number of rotatable bonds is 2. The molecule has 0 spiro atoms. The van der Waals surface area contributed by atoms with Crippen molar-refractivity contribution in [2.24, 2.45) is 0 Å². The molecule has 0 aromatic carbocycles. The van der Waals surface area contributed by atoms with Crippen LogP contribution in [0.15, 0.2) is 18.3 Å². The van der Waals surface area contributed by atoms with Crippen LogP contribution in [0.25, 0.3) is 5.65 Å². The van der Waals surface area contributed by atoms with Crippen LogP contribution in [0.3, 0.4) is 0 Å². The third kappa shape index (κ3) is 1.99. The van der Waals surface area contributed by atoms with E-state index in [2.05, 4.69) is 4.98 Å². The summed E-state index contributed by atoms with van der Waals surface area (Å²) in [6.45, 7) is 1.78. The van der Waals surface area contributed by atoms with Gasteiger partial charge in [0.1, 0.15) is 11.3 Å². The van der Waals surface area contributed by atoms with Gasteiger partial charge < -0.3 is 0 Å². The molecule has 2 aromatic heterocycles. The van der Waals surface area contributed by atoms with Crippen molar-refractivity contribution in [2.75, 3.05) is 14.2 Å².